The van der Waals surface area contributed by atoms with Crippen molar-refractivity contribution in [1.82, 2.24) is 20.9 Å². The Labute approximate surface area is 169 Å². The molecule has 3 heterocycles. The lowest BCUT2D eigenvalue weighted by Gasteiger charge is -2.32. The van der Waals surface area contributed by atoms with Gasteiger partial charge in [-0.2, -0.15) is 0 Å². The van der Waals surface area contributed by atoms with Crippen molar-refractivity contribution in [1.29, 1.82) is 0 Å². The summed E-state index contributed by atoms with van der Waals surface area (Å²) in [6.45, 7) is 3.68. The van der Waals surface area contributed by atoms with E-state index in [1.165, 1.54) is 0 Å². The lowest BCUT2D eigenvalue weighted by atomic mass is 10.0. The lowest BCUT2D eigenvalue weighted by molar-refractivity contribution is -0.136. The average molecular weight is 398 g/mol. The minimum Gasteiger partial charge on any atom is -0.374 e. The maximum absolute atomic E-state index is 12.8. The Balaban J connectivity index is 1.25. The first-order chi connectivity index (χ1) is 14.1. The fourth-order valence-electron chi connectivity index (χ4n) is 4.68. The Morgan fingerprint density at radius 3 is 2.83 bits per heavy atom. The summed E-state index contributed by atoms with van der Waals surface area (Å²) >= 11 is 0. The van der Waals surface area contributed by atoms with Crippen molar-refractivity contribution in [3.8, 4) is 0 Å². The van der Waals surface area contributed by atoms with Crippen LogP contribution in [-0.2, 0) is 27.4 Å². The number of morpholine rings is 1. The maximum Gasteiger partial charge on any atom is 0.255 e. The average Bonchev–Trinajstić information content (AvgIpc) is 3.46. The fraction of sp³-hybridized carbons (Fsp3) is 0.571. The van der Waals surface area contributed by atoms with E-state index in [2.05, 4.69) is 22.0 Å². The zero-order valence-electron chi connectivity index (χ0n) is 16.3. The predicted octanol–water partition coefficient (Wildman–Crippen LogP) is 0.0582. The molecule has 0 aromatic heterocycles. The van der Waals surface area contributed by atoms with Crippen LogP contribution < -0.4 is 16.0 Å². The molecule has 2 atom stereocenters. The Kier molecular flexibility index (Phi) is 4.64. The molecule has 2 saturated heterocycles. The van der Waals surface area contributed by atoms with Gasteiger partial charge in [-0.25, -0.2) is 0 Å². The molecule has 1 saturated carbocycles. The van der Waals surface area contributed by atoms with Gasteiger partial charge in [0.25, 0.3) is 5.91 Å². The number of carbonyl (C=O) groups excluding carboxylic acids is 3. The number of nitrogens with zero attached hydrogens (tertiary/aromatic N) is 1. The van der Waals surface area contributed by atoms with Crippen molar-refractivity contribution in [2.24, 2.45) is 0 Å². The molecular weight excluding hydrogens is 372 g/mol. The highest BCUT2D eigenvalue weighted by atomic mass is 16.5. The second-order valence-corrected chi connectivity index (χ2v) is 8.46. The van der Waals surface area contributed by atoms with Gasteiger partial charge in [-0.3, -0.25) is 19.7 Å². The standard InChI is InChI=1S/C21H26N4O4/c26-18-4-3-16(19(27)24-18)25-12-14-9-13(1-2-15(14)20(25)28)10-23-21(5-6-21)17-11-22-7-8-29-17/h1-2,9,16-17,22-23H,3-8,10-12H2,(H,24,26,27). The molecule has 8 nitrogen and oxygen atoms in total. The highest BCUT2D eigenvalue weighted by Gasteiger charge is 2.50. The summed E-state index contributed by atoms with van der Waals surface area (Å²) in [5.74, 6) is -0.773. The monoisotopic (exact) mass is 398 g/mol. The minimum absolute atomic E-state index is 0.0566. The van der Waals surface area contributed by atoms with Crippen LogP contribution in [0.2, 0.25) is 0 Å². The Morgan fingerprint density at radius 2 is 2.10 bits per heavy atom. The van der Waals surface area contributed by atoms with Gasteiger partial charge in [0, 0.05) is 43.7 Å². The van der Waals surface area contributed by atoms with E-state index in [-0.39, 0.29) is 35.8 Å². The van der Waals surface area contributed by atoms with Crippen LogP contribution in [0.15, 0.2) is 18.2 Å². The van der Waals surface area contributed by atoms with Gasteiger partial charge in [-0.05, 0) is 36.5 Å². The Morgan fingerprint density at radius 1 is 1.24 bits per heavy atom. The molecule has 154 valence electrons. The van der Waals surface area contributed by atoms with E-state index < -0.39 is 6.04 Å². The fourth-order valence-corrected chi connectivity index (χ4v) is 4.68. The van der Waals surface area contributed by atoms with E-state index in [4.69, 9.17) is 4.74 Å². The van der Waals surface area contributed by atoms with Crippen LogP contribution in [0.5, 0.6) is 0 Å². The molecule has 1 aliphatic carbocycles. The zero-order chi connectivity index (χ0) is 20.0. The quantitative estimate of drug-likeness (QED) is 0.607. The van der Waals surface area contributed by atoms with E-state index in [0.29, 0.717) is 18.5 Å². The summed E-state index contributed by atoms with van der Waals surface area (Å²) < 4.78 is 5.94. The molecular formula is C21H26N4O4. The molecule has 3 aliphatic heterocycles. The molecule has 3 fully saturated rings. The topological polar surface area (TPSA) is 99.8 Å². The smallest absolute Gasteiger partial charge is 0.255 e. The third-order valence-electron chi connectivity index (χ3n) is 6.57. The second-order valence-electron chi connectivity index (χ2n) is 8.46. The maximum atomic E-state index is 12.8. The normalized spacial score (nSPS) is 28.3. The van der Waals surface area contributed by atoms with Gasteiger partial charge in [0.1, 0.15) is 6.04 Å². The van der Waals surface area contributed by atoms with E-state index in [0.717, 1.165) is 50.2 Å². The van der Waals surface area contributed by atoms with E-state index in [9.17, 15) is 14.4 Å². The van der Waals surface area contributed by atoms with Gasteiger partial charge in [0.15, 0.2) is 0 Å². The van der Waals surface area contributed by atoms with Gasteiger partial charge in [-0.1, -0.05) is 12.1 Å². The summed E-state index contributed by atoms with van der Waals surface area (Å²) in [7, 11) is 0. The molecule has 1 aromatic carbocycles. The largest absolute Gasteiger partial charge is 0.374 e. The first kappa shape index (κ1) is 18.7. The molecule has 4 aliphatic rings. The number of rotatable bonds is 5. The number of nitrogens with one attached hydrogen (secondary N) is 3. The summed E-state index contributed by atoms with van der Waals surface area (Å²) in [5, 5.41) is 9.42. The third-order valence-corrected chi connectivity index (χ3v) is 6.57. The van der Waals surface area contributed by atoms with Crippen molar-refractivity contribution >= 4 is 17.7 Å². The molecule has 8 heteroatoms. The highest BCUT2D eigenvalue weighted by Crippen LogP contribution is 2.41. The molecule has 3 N–H and O–H groups in total. The van der Waals surface area contributed by atoms with Crippen LogP contribution in [0, 0.1) is 0 Å². The Hall–Kier alpha value is -2.29. The number of fused-ring (bicyclic) bond motifs is 1. The van der Waals surface area contributed by atoms with Crippen LogP contribution in [0.25, 0.3) is 0 Å². The molecule has 1 aromatic rings. The van der Waals surface area contributed by atoms with E-state index in [1.54, 1.807) is 4.90 Å². The van der Waals surface area contributed by atoms with Gasteiger partial charge in [0.2, 0.25) is 11.8 Å². The summed E-state index contributed by atoms with van der Waals surface area (Å²) in [6.07, 6.45) is 3.09. The molecule has 0 spiro atoms. The highest BCUT2D eigenvalue weighted by molar-refractivity contribution is 6.05. The van der Waals surface area contributed by atoms with Gasteiger partial charge in [0.05, 0.1) is 12.7 Å². The summed E-state index contributed by atoms with van der Waals surface area (Å²) in [5.41, 5.74) is 2.77. The van der Waals surface area contributed by atoms with Crippen molar-refractivity contribution in [2.45, 2.75) is 56.5 Å². The molecule has 3 amide bonds. The molecule has 0 bridgehead atoms. The lowest BCUT2D eigenvalue weighted by Crippen LogP contribution is -2.52. The van der Waals surface area contributed by atoms with Crippen LogP contribution in [0.3, 0.4) is 0 Å². The number of carbonyl (C=O) groups is 3. The van der Waals surface area contributed by atoms with Crippen molar-refractivity contribution < 1.29 is 19.1 Å². The van der Waals surface area contributed by atoms with Crippen LogP contribution in [0.4, 0.5) is 0 Å². The van der Waals surface area contributed by atoms with Gasteiger partial charge in [-0.15, -0.1) is 0 Å². The van der Waals surface area contributed by atoms with Crippen LogP contribution in [-0.4, -0.2) is 60.0 Å². The number of amides is 3. The number of piperidine rings is 1. The second kappa shape index (κ2) is 7.19. The van der Waals surface area contributed by atoms with Crippen molar-refractivity contribution in [2.75, 3.05) is 19.7 Å². The minimum atomic E-state index is -0.570. The first-order valence-electron chi connectivity index (χ1n) is 10.4. The molecule has 29 heavy (non-hydrogen) atoms. The van der Waals surface area contributed by atoms with E-state index in [1.807, 2.05) is 12.1 Å². The summed E-state index contributed by atoms with van der Waals surface area (Å²) in [6, 6.07) is 5.33. The number of imide groups is 1. The number of benzene rings is 1. The number of ether oxygens (including phenoxy) is 1. The van der Waals surface area contributed by atoms with Gasteiger partial charge < -0.3 is 20.3 Å². The van der Waals surface area contributed by atoms with Crippen molar-refractivity contribution in [3.05, 3.63) is 34.9 Å². The number of hydrogen-bond donors (Lipinski definition) is 3. The molecule has 5 rings (SSSR count). The van der Waals surface area contributed by atoms with E-state index >= 15 is 0 Å². The molecule has 2 unspecified atom stereocenters. The SMILES string of the molecule is O=C1CCC(N2Cc3cc(CNC4(C5CNCCO5)CC4)ccc3C2=O)C(=O)N1. The van der Waals surface area contributed by atoms with Crippen LogP contribution >= 0.6 is 0 Å². The zero-order valence-corrected chi connectivity index (χ0v) is 16.3. The summed E-state index contributed by atoms with van der Waals surface area (Å²) in [4.78, 5) is 37.9. The molecule has 0 radical (unpaired) electrons. The first-order valence-corrected chi connectivity index (χ1v) is 10.4. The third kappa shape index (κ3) is 3.45. The van der Waals surface area contributed by atoms with Gasteiger partial charge >= 0.3 is 0 Å². The number of hydrogen-bond acceptors (Lipinski definition) is 6. The van der Waals surface area contributed by atoms with Crippen molar-refractivity contribution in [3.63, 3.8) is 0 Å². The predicted molar refractivity (Wildman–Crippen MR) is 104 cm³/mol. The Bertz CT molecular complexity index is 860. The van der Waals surface area contributed by atoms with Crippen LogP contribution in [0.1, 0.15) is 47.2 Å².